The predicted molar refractivity (Wildman–Crippen MR) is 77.6 cm³/mol. The summed E-state index contributed by atoms with van der Waals surface area (Å²) in [4.78, 5) is 2.40. The largest absolute Gasteiger partial charge is 0.389 e. The molecule has 0 aromatic carbocycles. The first-order chi connectivity index (χ1) is 8.95. The smallest absolute Gasteiger partial charge is 0.0848 e. The van der Waals surface area contributed by atoms with Gasteiger partial charge in [0.05, 0.1) is 22.0 Å². The van der Waals surface area contributed by atoms with E-state index in [4.69, 9.17) is 11.6 Å². The van der Waals surface area contributed by atoms with Gasteiger partial charge in [-0.2, -0.15) is 5.10 Å². The molecule has 19 heavy (non-hydrogen) atoms. The number of likely N-dealkylation sites (tertiary alicyclic amines) is 1. The molecule has 1 atom stereocenters. The summed E-state index contributed by atoms with van der Waals surface area (Å²) in [5.41, 5.74) is 1.14. The zero-order valence-corrected chi connectivity index (χ0v) is 12.9. The SMILES string of the molecule is CCN1CCCC(O)(Cc2c(Cl)c(C)nn2C)CC1. The van der Waals surface area contributed by atoms with Crippen molar-refractivity contribution in [3.63, 3.8) is 0 Å². The Labute approximate surface area is 120 Å². The molecule has 0 aliphatic carbocycles. The highest BCUT2D eigenvalue weighted by atomic mass is 35.5. The molecule has 2 rings (SSSR count). The monoisotopic (exact) mass is 285 g/mol. The highest BCUT2D eigenvalue weighted by molar-refractivity contribution is 6.31. The molecule has 0 bridgehead atoms. The van der Waals surface area contributed by atoms with E-state index >= 15 is 0 Å². The predicted octanol–water partition coefficient (Wildman–Crippen LogP) is 2.16. The van der Waals surface area contributed by atoms with Crippen molar-refractivity contribution in [2.24, 2.45) is 7.05 Å². The number of nitrogens with zero attached hydrogens (tertiary/aromatic N) is 3. The lowest BCUT2D eigenvalue weighted by atomic mass is 9.89. The van der Waals surface area contributed by atoms with E-state index in [-0.39, 0.29) is 0 Å². The number of hydrogen-bond donors (Lipinski definition) is 1. The molecular formula is C14H24ClN3O. The molecule has 1 fully saturated rings. The Kier molecular flexibility index (Phi) is 4.54. The first kappa shape index (κ1) is 14.8. The van der Waals surface area contributed by atoms with Crippen LogP contribution in [-0.4, -0.2) is 45.0 Å². The summed E-state index contributed by atoms with van der Waals surface area (Å²) in [6.07, 6.45) is 3.28. The van der Waals surface area contributed by atoms with Crippen LogP contribution in [0.4, 0.5) is 0 Å². The van der Waals surface area contributed by atoms with Crippen LogP contribution in [0.5, 0.6) is 0 Å². The summed E-state index contributed by atoms with van der Waals surface area (Å²) in [7, 11) is 1.90. The van der Waals surface area contributed by atoms with Crippen LogP contribution in [0.3, 0.4) is 0 Å². The highest BCUT2D eigenvalue weighted by Crippen LogP contribution is 2.30. The maximum Gasteiger partial charge on any atom is 0.0848 e. The van der Waals surface area contributed by atoms with Crippen molar-refractivity contribution < 1.29 is 5.11 Å². The Hall–Kier alpha value is -0.580. The van der Waals surface area contributed by atoms with E-state index in [0.717, 1.165) is 50.3 Å². The summed E-state index contributed by atoms with van der Waals surface area (Å²) >= 11 is 6.29. The third kappa shape index (κ3) is 3.30. The molecule has 1 N–H and O–H groups in total. The molecule has 0 spiro atoms. The van der Waals surface area contributed by atoms with Gasteiger partial charge in [-0.3, -0.25) is 4.68 Å². The Bertz CT molecular complexity index is 446. The molecule has 1 aromatic heterocycles. The minimum Gasteiger partial charge on any atom is -0.389 e. The average molecular weight is 286 g/mol. The van der Waals surface area contributed by atoms with Gasteiger partial charge in [0.15, 0.2) is 0 Å². The average Bonchev–Trinajstić information content (AvgIpc) is 2.56. The van der Waals surface area contributed by atoms with Crippen molar-refractivity contribution in [2.45, 2.75) is 45.1 Å². The van der Waals surface area contributed by atoms with Gasteiger partial charge in [-0.1, -0.05) is 18.5 Å². The molecule has 2 heterocycles. The minimum atomic E-state index is -0.645. The van der Waals surface area contributed by atoms with Crippen molar-refractivity contribution in [3.8, 4) is 0 Å². The maximum atomic E-state index is 10.8. The highest BCUT2D eigenvalue weighted by Gasteiger charge is 2.32. The van der Waals surface area contributed by atoms with Crippen LogP contribution in [0, 0.1) is 6.92 Å². The molecule has 0 saturated carbocycles. The van der Waals surface area contributed by atoms with E-state index in [1.54, 1.807) is 4.68 Å². The number of hydrogen-bond acceptors (Lipinski definition) is 3. The molecule has 1 aliphatic rings. The Balaban J connectivity index is 2.12. The summed E-state index contributed by atoms with van der Waals surface area (Å²) in [5.74, 6) is 0. The number of aliphatic hydroxyl groups is 1. The van der Waals surface area contributed by atoms with Crippen LogP contribution in [0.1, 0.15) is 37.6 Å². The summed E-state index contributed by atoms with van der Waals surface area (Å²) < 4.78 is 1.80. The zero-order chi connectivity index (χ0) is 14.0. The van der Waals surface area contributed by atoms with E-state index in [2.05, 4.69) is 16.9 Å². The first-order valence-corrected chi connectivity index (χ1v) is 7.45. The van der Waals surface area contributed by atoms with Crippen molar-refractivity contribution in [1.29, 1.82) is 0 Å². The van der Waals surface area contributed by atoms with Gasteiger partial charge < -0.3 is 10.0 Å². The van der Waals surface area contributed by atoms with Crippen molar-refractivity contribution in [2.75, 3.05) is 19.6 Å². The number of aromatic nitrogens is 2. The van der Waals surface area contributed by atoms with Crippen molar-refractivity contribution in [3.05, 3.63) is 16.4 Å². The van der Waals surface area contributed by atoms with E-state index in [1.165, 1.54) is 0 Å². The maximum absolute atomic E-state index is 10.8. The van der Waals surface area contributed by atoms with E-state index in [0.29, 0.717) is 11.4 Å². The number of rotatable bonds is 3. The van der Waals surface area contributed by atoms with Crippen molar-refractivity contribution in [1.82, 2.24) is 14.7 Å². The standard InChI is InChI=1S/C14H24ClN3O/c1-4-18-8-5-6-14(19,7-9-18)10-12-13(15)11(2)16-17(12)3/h19H,4-10H2,1-3H3. The topological polar surface area (TPSA) is 41.3 Å². The third-order valence-electron chi connectivity index (χ3n) is 4.22. The Morgan fingerprint density at radius 3 is 2.68 bits per heavy atom. The quantitative estimate of drug-likeness (QED) is 0.925. The number of aryl methyl sites for hydroxylation is 2. The van der Waals surface area contributed by atoms with Crippen molar-refractivity contribution >= 4 is 11.6 Å². The van der Waals surface area contributed by atoms with Crippen LogP contribution < -0.4 is 0 Å². The van der Waals surface area contributed by atoms with Gasteiger partial charge in [0.25, 0.3) is 0 Å². The van der Waals surface area contributed by atoms with Gasteiger partial charge >= 0.3 is 0 Å². The summed E-state index contributed by atoms with van der Waals surface area (Å²) in [6, 6.07) is 0. The molecule has 108 valence electrons. The van der Waals surface area contributed by atoms with Crippen LogP contribution in [0.15, 0.2) is 0 Å². The van der Waals surface area contributed by atoms with Gasteiger partial charge in [0.1, 0.15) is 0 Å². The molecule has 0 radical (unpaired) electrons. The van der Waals surface area contributed by atoms with Crippen LogP contribution >= 0.6 is 11.6 Å². The fourth-order valence-corrected chi connectivity index (χ4v) is 3.14. The van der Waals surface area contributed by atoms with Crippen LogP contribution in [0.2, 0.25) is 5.02 Å². The second-order valence-corrected chi connectivity index (χ2v) is 6.04. The normalized spacial score (nSPS) is 25.5. The fraction of sp³-hybridized carbons (Fsp3) is 0.786. The van der Waals surface area contributed by atoms with E-state index in [9.17, 15) is 5.11 Å². The van der Waals surface area contributed by atoms with E-state index in [1.807, 2.05) is 14.0 Å². The molecule has 1 aliphatic heterocycles. The molecule has 1 aromatic rings. The van der Waals surface area contributed by atoms with Gasteiger partial charge in [-0.25, -0.2) is 0 Å². The molecule has 0 amide bonds. The second kappa shape index (κ2) is 5.81. The minimum absolute atomic E-state index is 0.598. The van der Waals surface area contributed by atoms with E-state index < -0.39 is 5.60 Å². The molecular weight excluding hydrogens is 262 g/mol. The Morgan fingerprint density at radius 2 is 2.11 bits per heavy atom. The Morgan fingerprint density at radius 1 is 1.37 bits per heavy atom. The lowest BCUT2D eigenvalue weighted by Gasteiger charge is -2.27. The third-order valence-corrected chi connectivity index (χ3v) is 4.71. The summed E-state index contributed by atoms with van der Waals surface area (Å²) in [5, 5.41) is 15.9. The van der Waals surface area contributed by atoms with Crippen LogP contribution in [0.25, 0.3) is 0 Å². The van der Waals surface area contributed by atoms with Crippen LogP contribution in [-0.2, 0) is 13.5 Å². The van der Waals surface area contributed by atoms with Gasteiger partial charge in [0.2, 0.25) is 0 Å². The van der Waals surface area contributed by atoms with Gasteiger partial charge in [-0.05, 0) is 39.3 Å². The zero-order valence-electron chi connectivity index (χ0n) is 12.1. The lowest BCUT2D eigenvalue weighted by molar-refractivity contribution is 0.0241. The molecule has 1 saturated heterocycles. The molecule has 5 heteroatoms. The first-order valence-electron chi connectivity index (χ1n) is 7.08. The second-order valence-electron chi connectivity index (χ2n) is 5.66. The fourth-order valence-electron chi connectivity index (χ4n) is 2.91. The van der Waals surface area contributed by atoms with Gasteiger partial charge in [-0.15, -0.1) is 0 Å². The molecule has 4 nitrogen and oxygen atoms in total. The number of halogens is 1. The van der Waals surface area contributed by atoms with Gasteiger partial charge in [0, 0.05) is 20.0 Å². The lowest BCUT2D eigenvalue weighted by Crippen LogP contribution is -2.34. The summed E-state index contributed by atoms with van der Waals surface area (Å²) in [6.45, 7) is 7.17. The molecule has 1 unspecified atom stereocenters.